The van der Waals surface area contributed by atoms with E-state index in [1.54, 1.807) is 28.6 Å². The standard InChI is InChI=1S/C20H23N3O2S2/c1-15-14-16-6-2-3-7-19(16)23(15)20(26)21-17-8-10-18(11-9-17)27(24,25)22-12-4-5-13-22/h2-3,6-11,15H,4-5,12-14H2,1H3,(H,21,26)/t15-/m1/s1. The molecule has 0 spiro atoms. The summed E-state index contributed by atoms with van der Waals surface area (Å²) in [6.45, 7) is 3.37. The van der Waals surface area contributed by atoms with Crippen molar-refractivity contribution in [2.24, 2.45) is 0 Å². The maximum Gasteiger partial charge on any atom is 0.243 e. The second-order valence-corrected chi connectivity index (χ2v) is 9.44. The Morgan fingerprint density at radius 3 is 2.44 bits per heavy atom. The van der Waals surface area contributed by atoms with Crippen molar-refractivity contribution >= 4 is 38.7 Å². The molecule has 0 bridgehead atoms. The van der Waals surface area contributed by atoms with Gasteiger partial charge in [-0.25, -0.2) is 8.42 Å². The monoisotopic (exact) mass is 401 g/mol. The Hall–Kier alpha value is -1.96. The third-order valence-electron chi connectivity index (χ3n) is 5.23. The summed E-state index contributed by atoms with van der Waals surface area (Å²) in [5.41, 5.74) is 3.22. The number of sulfonamides is 1. The number of hydrogen-bond donors (Lipinski definition) is 1. The molecule has 1 N–H and O–H groups in total. The van der Waals surface area contributed by atoms with E-state index in [2.05, 4.69) is 29.3 Å². The molecule has 0 aliphatic carbocycles. The topological polar surface area (TPSA) is 52.7 Å². The molecule has 2 aliphatic rings. The van der Waals surface area contributed by atoms with Crippen LogP contribution in [0.3, 0.4) is 0 Å². The summed E-state index contributed by atoms with van der Waals surface area (Å²) in [6, 6.07) is 15.4. The number of thiocarbonyl (C=S) groups is 1. The van der Waals surface area contributed by atoms with Crippen LogP contribution in [-0.4, -0.2) is 37.0 Å². The number of rotatable bonds is 3. The highest BCUT2D eigenvalue weighted by atomic mass is 32.2. The van der Waals surface area contributed by atoms with Crippen molar-refractivity contribution in [3.05, 3.63) is 54.1 Å². The number of nitrogens with one attached hydrogen (secondary N) is 1. The fourth-order valence-electron chi connectivity index (χ4n) is 3.85. The van der Waals surface area contributed by atoms with Crippen LogP contribution in [-0.2, 0) is 16.4 Å². The molecule has 2 aromatic rings. The summed E-state index contributed by atoms with van der Waals surface area (Å²) in [5.74, 6) is 0. The van der Waals surface area contributed by atoms with Crippen LogP contribution in [0.1, 0.15) is 25.3 Å². The Balaban J connectivity index is 1.50. The normalized spacial score (nSPS) is 19.9. The molecule has 27 heavy (non-hydrogen) atoms. The van der Waals surface area contributed by atoms with Gasteiger partial charge in [-0.05, 0) is 74.3 Å². The van der Waals surface area contributed by atoms with E-state index in [1.165, 1.54) is 5.56 Å². The maximum absolute atomic E-state index is 12.6. The molecule has 2 heterocycles. The zero-order valence-corrected chi connectivity index (χ0v) is 16.9. The molecular formula is C20H23N3O2S2. The first-order valence-corrected chi connectivity index (χ1v) is 11.1. The summed E-state index contributed by atoms with van der Waals surface area (Å²) >= 11 is 5.63. The number of nitrogens with zero attached hydrogens (tertiary/aromatic N) is 2. The number of para-hydroxylation sites is 1. The lowest BCUT2D eigenvalue weighted by molar-refractivity contribution is 0.477. The van der Waals surface area contributed by atoms with Crippen LogP contribution in [0, 0.1) is 0 Å². The van der Waals surface area contributed by atoms with Crippen molar-refractivity contribution in [3.63, 3.8) is 0 Å². The lowest BCUT2D eigenvalue weighted by Crippen LogP contribution is -2.38. The molecule has 7 heteroatoms. The molecule has 0 unspecified atom stereocenters. The molecule has 142 valence electrons. The predicted molar refractivity (Wildman–Crippen MR) is 113 cm³/mol. The smallest absolute Gasteiger partial charge is 0.243 e. The zero-order valence-electron chi connectivity index (χ0n) is 15.3. The fourth-order valence-corrected chi connectivity index (χ4v) is 5.76. The van der Waals surface area contributed by atoms with Crippen molar-refractivity contribution in [1.29, 1.82) is 0 Å². The van der Waals surface area contributed by atoms with Gasteiger partial charge in [0.15, 0.2) is 5.11 Å². The van der Waals surface area contributed by atoms with Crippen molar-refractivity contribution in [3.8, 4) is 0 Å². The van der Waals surface area contributed by atoms with E-state index >= 15 is 0 Å². The molecule has 5 nitrogen and oxygen atoms in total. The highest BCUT2D eigenvalue weighted by molar-refractivity contribution is 7.89. The van der Waals surface area contributed by atoms with Gasteiger partial charge in [-0.1, -0.05) is 18.2 Å². The highest BCUT2D eigenvalue weighted by Gasteiger charge is 2.29. The molecule has 2 aromatic carbocycles. The van der Waals surface area contributed by atoms with Crippen LogP contribution in [0.25, 0.3) is 0 Å². The SMILES string of the molecule is C[C@@H]1Cc2ccccc2N1C(=S)Nc1ccc(S(=O)(=O)N2CCCC2)cc1. The Bertz CT molecular complexity index is 951. The Morgan fingerprint density at radius 1 is 1.07 bits per heavy atom. The number of benzene rings is 2. The average molecular weight is 402 g/mol. The van der Waals surface area contributed by atoms with Gasteiger partial charge in [0, 0.05) is 30.5 Å². The van der Waals surface area contributed by atoms with E-state index in [-0.39, 0.29) is 6.04 Å². The average Bonchev–Trinajstić information content (AvgIpc) is 3.29. The first-order valence-electron chi connectivity index (χ1n) is 9.25. The fraction of sp³-hybridized carbons (Fsp3) is 0.350. The Morgan fingerprint density at radius 2 is 1.74 bits per heavy atom. The van der Waals surface area contributed by atoms with E-state index in [0.29, 0.717) is 23.1 Å². The number of hydrogen-bond acceptors (Lipinski definition) is 3. The van der Waals surface area contributed by atoms with Crippen molar-refractivity contribution < 1.29 is 8.42 Å². The van der Waals surface area contributed by atoms with Crippen molar-refractivity contribution in [2.45, 2.75) is 37.1 Å². The minimum atomic E-state index is -3.39. The van der Waals surface area contributed by atoms with Crippen LogP contribution >= 0.6 is 12.2 Å². The van der Waals surface area contributed by atoms with Crippen molar-refractivity contribution in [1.82, 2.24) is 4.31 Å². The Kier molecular flexibility index (Phi) is 4.92. The predicted octanol–water partition coefficient (Wildman–Crippen LogP) is 3.62. The van der Waals surface area contributed by atoms with Crippen LogP contribution < -0.4 is 10.2 Å². The second kappa shape index (κ2) is 7.22. The van der Waals surface area contributed by atoms with Gasteiger partial charge in [-0.2, -0.15) is 4.31 Å². The van der Waals surface area contributed by atoms with E-state index < -0.39 is 10.0 Å². The largest absolute Gasteiger partial charge is 0.332 e. The van der Waals surface area contributed by atoms with Gasteiger partial charge in [0.1, 0.15) is 0 Å². The van der Waals surface area contributed by atoms with Gasteiger partial charge >= 0.3 is 0 Å². The number of anilines is 2. The summed E-state index contributed by atoms with van der Waals surface area (Å²) in [6.07, 6.45) is 2.83. The molecule has 1 fully saturated rings. The first kappa shape index (κ1) is 18.4. The highest BCUT2D eigenvalue weighted by Crippen LogP contribution is 2.32. The van der Waals surface area contributed by atoms with E-state index in [1.807, 2.05) is 12.1 Å². The quantitative estimate of drug-likeness (QED) is 0.796. The van der Waals surface area contributed by atoms with E-state index in [0.717, 1.165) is 30.6 Å². The van der Waals surface area contributed by atoms with Gasteiger partial charge in [0.05, 0.1) is 4.90 Å². The van der Waals surface area contributed by atoms with Crippen molar-refractivity contribution in [2.75, 3.05) is 23.3 Å². The molecule has 0 saturated carbocycles. The lowest BCUT2D eigenvalue weighted by Gasteiger charge is -2.26. The molecule has 0 aromatic heterocycles. The summed E-state index contributed by atoms with van der Waals surface area (Å²) in [4.78, 5) is 2.46. The maximum atomic E-state index is 12.6. The lowest BCUT2D eigenvalue weighted by atomic mass is 10.1. The van der Waals surface area contributed by atoms with Gasteiger partial charge in [-0.3, -0.25) is 0 Å². The zero-order chi connectivity index (χ0) is 19.0. The van der Waals surface area contributed by atoms with Crippen LogP contribution in [0.4, 0.5) is 11.4 Å². The Labute approximate surface area is 166 Å². The molecule has 1 saturated heterocycles. The third kappa shape index (κ3) is 3.47. The van der Waals surface area contributed by atoms with Crippen LogP contribution in [0.2, 0.25) is 0 Å². The van der Waals surface area contributed by atoms with E-state index in [9.17, 15) is 8.42 Å². The van der Waals surface area contributed by atoms with Gasteiger partial charge in [0.25, 0.3) is 0 Å². The molecule has 4 rings (SSSR count). The first-order chi connectivity index (χ1) is 13.0. The molecule has 2 aliphatic heterocycles. The van der Waals surface area contributed by atoms with Gasteiger partial charge < -0.3 is 10.2 Å². The molecule has 0 amide bonds. The summed E-state index contributed by atoms with van der Waals surface area (Å²) < 4.78 is 26.8. The third-order valence-corrected chi connectivity index (χ3v) is 7.45. The van der Waals surface area contributed by atoms with Crippen LogP contribution in [0.5, 0.6) is 0 Å². The minimum absolute atomic E-state index is 0.289. The van der Waals surface area contributed by atoms with Gasteiger partial charge in [-0.15, -0.1) is 0 Å². The van der Waals surface area contributed by atoms with Gasteiger partial charge in [0.2, 0.25) is 10.0 Å². The molecule has 0 radical (unpaired) electrons. The summed E-state index contributed by atoms with van der Waals surface area (Å²) in [7, 11) is -3.39. The summed E-state index contributed by atoms with van der Waals surface area (Å²) in [5, 5.41) is 3.88. The molecule has 1 atom stereocenters. The minimum Gasteiger partial charge on any atom is -0.332 e. The second-order valence-electron chi connectivity index (χ2n) is 7.12. The molecular weight excluding hydrogens is 378 g/mol. The number of fused-ring (bicyclic) bond motifs is 1. The van der Waals surface area contributed by atoms with E-state index in [4.69, 9.17) is 12.2 Å². The van der Waals surface area contributed by atoms with Crippen LogP contribution in [0.15, 0.2) is 53.4 Å².